The van der Waals surface area contributed by atoms with Crippen LogP contribution in [0.4, 0.5) is 0 Å². The highest BCUT2D eigenvalue weighted by Crippen LogP contribution is 2.07. The van der Waals surface area contributed by atoms with Crippen LogP contribution in [-0.2, 0) is 19.2 Å². The SMILES string of the molecule is NC(=O)CCC[C@H]1CN[C@H](CCC(N)=O)CN[C@@H](CCC(N)=O)CN[C@@H](CCC(N)=O)CN1. The Labute approximate surface area is 195 Å². The molecule has 1 aliphatic heterocycles. The minimum atomic E-state index is -0.364. The fourth-order valence-electron chi connectivity index (χ4n) is 3.81. The number of nitrogens with one attached hydrogen (secondary N) is 4. The molecule has 33 heavy (non-hydrogen) atoms. The van der Waals surface area contributed by atoms with E-state index in [2.05, 4.69) is 21.3 Å². The Hall–Kier alpha value is -2.28. The fraction of sp³-hybridized carbons (Fsp3) is 0.810. The van der Waals surface area contributed by atoms with E-state index in [-0.39, 0.29) is 67.1 Å². The van der Waals surface area contributed by atoms with Crippen LogP contribution in [0.15, 0.2) is 0 Å². The quantitative estimate of drug-likeness (QED) is 0.141. The molecular weight excluding hydrogens is 428 g/mol. The normalized spacial score (nSPS) is 24.8. The van der Waals surface area contributed by atoms with Crippen LogP contribution in [0, 0.1) is 0 Å². The number of nitrogens with two attached hydrogens (primary N) is 4. The summed E-state index contributed by atoms with van der Waals surface area (Å²) >= 11 is 0. The van der Waals surface area contributed by atoms with Crippen LogP contribution in [0.5, 0.6) is 0 Å². The number of primary amides is 4. The van der Waals surface area contributed by atoms with Gasteiger partial charge in [0, 0.05) is 76.0 Å². The molecule has 12 nitrogen and oxygen atoms in total. The van der Waals surface area contributed by atoms with Crippen molar-refractivity contribution in [2.24, 2.45) is 22.9 Å². The van der Waals surface area contributed by atoms with Gasteiger partial charge in [0.25, 0.3) is 0 Å². The summed E-state index contributed by atoms with van der Waals surface area (Å²) in [5, 5.41) is 14.0. The molecule has 0 bridgehead atoms. The molecule has 0 radical (unpaired) electrons. The Morgan fingerprint density at radius 1 is 0.485 bits per heavy atom. The van der Waals surface area contributed by atoms with Gasteiger partial charge in [0.1, 0.15) is 0 Å². The second kappa shape index (κ2) is 16.4. The minimum Gasteiger partial charge on any atom is -0.370 e. The van der Waals surface area contributed by atoms with Gasteiger partial charge >= 0.3 is 0 Å². The van der Waals surface area contributed by atoms with Gasteiger partial charge in [-0.25, -0.2) is 0 Å². The largest absolute Gasteiger partial charge is 0.370 e. The Kier molecular flexibility index (Phi) is 14.2. The third-order valence-electron chi connectivity index (χ3n) is 5.81. The van der Waals surface area contributed by atoms with Crippen molar-refractivity contribution in [1.82, 2.24) is 21.3 Å². The number of amides is 4. The van der Waals surface area contributed by atoms with E-state index in [0.717, 1.165) is 6.42 Å². The van der Waals surface area contributed by atoms with E-state index in [4.69, 9.17) is 22.9 Å². The van der Waals surface area contributed by atoms with Crippen molar-refractivity contribution in [3.05, 3.63) is 0 Å². The molecule has 0 aromatic carbocycles. The second-order valence-corrected chi connectivity index (χ2v) is 8.79. The van der Waals surface area contributed by atoms with Crippen molar-refractivity contribution in [2.45, 2.75) is 82.0 Å². The van der Waals surface area contributed by atoms with Crippen molar-refractivity contribution < 1.29 is 19.2 Å². The zero-order chi connectivity index (χ0) is 24.6. The molecule has 1 aliphatic rings. The molecule has 0 aromatic heterocycles. The molecule has 0 aliphatic carbocycles. The average Bonchev–Trinajstić information content (AvgIpc) is 2.72. The van der Waals surface area contributed by atoms with E-state index in [1.165, 1.54) is 0 Å². The molecule has 0 aromatic rings. The van der Waals surface area contributed by atoms with E-state index in [9.17, 15) is 19.2 Å². The summed E-state index contributed by atoms with van der Waals surface area (Å²) in [7, 11) is 0. The van der Waals surface area contributed by atoms with Gasteiger partial charge in [-0.1, -0.05) is 0 Å². The average molecular weight is 471 g/mol. The van der Waals surface area contributed by atoms with Crippen molar-refractivity contribution in [1.29, 1.82) is 0 Å². The van der Waals surface area contributed by atoms with Gasteiger partial charge in [0.05, 0.1) is 0 Å². The zero-order valence-corrected chi connectivity index (χ0v) is 19.4. The van der Waals surface area contributed by atoms with Gasteiger partial charge in [-0.2, -0.15) is 0 Å². The molecule has 1 heterocycles. The molecule has 1 saturated heterocycles. The summed E-state index contributed by atoms with van der Waals surface area (Å²) in [6, 6.07) is 0.0545. The summed E-state index contributed by atoms with van der Waals surface area (Å²) in [6.07, 6.45) is 4.22. The van der Waals surface area contributed by atoms with Gasteiger partial charge in [-0.3, -0.25) is 19.2 Å². The molecule has 12 heteroatoms. The smallest absolute Gasteiger partial charge is 0.217 e. The molecule has 4 atom stereocenters. The van der Waals surface area contributed by atoms with E-state index >= 15 is 0 Å². The van der Waals surface area contributed by atoms with Gasteiger partial charge < -0.3 is 44.2 Å². The summed E-state index contributed by atoms with van der Waals surface area (Å²) in [5.41, 5.74) is 21.3. The van der Waals surface area contributed by atoms with E-state index in [1.54, 1.807) is 0 Å². The first-order valence-corrected chi connectivity index (χ1v) is 11.7. The summed E-state index contributed by atoms with van der Waals surface area (Å²) < 4.78 is 0. The molecule has 1 rings (SSSR count). The van der Waals surface area contributed by atoms with Crippen molar-refractivity contribution >= 4 is 23.6 Å². The predicted octanol–water partition coefficient (Wildman–Crippen LogP) is -2.72. The van der Waals surface area contributed by atoms with Gasteiger partial charge in [-0.15, -0.1) is 0 Å². The number of carbonyl (C=O) groups excluding carboxylic acids is 4. The first-order chi connectivity index (χ1) is 15.7. The van der Waals surface area contributed by atoms with E-state index in [0.29, 0.717) is 58.3 Å². The lowest BCUT2D eigenvalue weighted by Crippen LogP contribution is -2.54. The lowest BCUT2D eigenvalue weighted by molar-refractivity contribution is -0.119. The Bertz CT molecular complexity index is 599. The summed E-state index contributed by atoms with van der Waals surface area (Å²) in [5.74, 6) is -1.41. The van der Waals surface area contributed by atoms with Gasteiger partial charge in [0.2, 0.25) is 23.6 Å². The van der Waals surface area contributed by atoms with Crippen LogP contribution in [0.25, 0.3) is 0 Å². The molecule has 190 valence electrons. The van der Waals surface area contributed by atoms with Crippen LogP contribution >= 0.6 is 0 Å². The maximum Gasteiger partial charge on any atom is 0.217 e. The lowest BCUT2D eigenvalue weighted by Gasteiger charge is -2.31. The standard InChI is InChI=1S/C21H42N8O4/c22-18(30)3-1-2-14-10-27-16(5-8-20(24)32)12-29-17(6-9-21(25)33)13-28-15(11-26-14)4-7-19(23)31/h14-17,26-29H,1-13H2,(H2,22,30)(H2,23,31)(H2,24,32)(H2,25,33)/t14-,15-,16+,17-/m0/s1. The Balaban J connectivity index is 2.87. The third kappa shape index (κ3) is 15.2. The molecule has 0 spiro atoms. The van der Waals surface area contributed by atoms with Crippen LogP contribution in [-0.4, -0.2) is 74.0 Å². The summed E-state index contributed by atoms with van der Waals surface area (Å²) in [6.45, 7) is 2.38. The molecular formula is C21H42N8O4. The second-order valence-electron chi connectivity index (χ2n) is 8.79. The highest BCUT2D eigenvalue weighted by Gasteiger charge is 2.21. The number of rotatable bonds is 13. The third-order valence-corrected chi connectivity index (χ3v) is 5.81. The number of hydrogen-bond acceptors (Lipinski definition) is 8. The highest BCUT2D eigenvalue weighted by molar-refractivity contribution is 5.74. The van der Waals surface area contributed by atoms with Gasteiger partial charge in [-0.05, 0) is 32.1 Å². The predicted molar refractivity (Wildman–Crippen MR) is 125 cm³/mol. The van der Waals surface area contributed by atoms with Crippen molar-refractivity contribution in [3.8, 4) is 0 Å². The molecule has 4 amide bonds. The first-order valence-electron chi connectivity index (χ1n) is 11.7. The van der Waals surface area contributed by atoms with Crippen molar-refractivity contribution in [2.75, 3.05) is 26.2 Å². The van der Waals surface area contributed by atoms with Gasteiger partial charge in [0.15, 0.2) is 0 Å². The molecule has 0 unspecified atom stereocenters. The number of hydrogen-bond donors (Lipinski definition) is 8. The maximum atomic E-state index is 11.3. The first kappa shape index (κ1) is 28.8. The summed E-state index contributed by atoms with van der Waals surface area (Å²) in [4.78, 5) is 45.0. The zero-order valence-electron chi connectivity index (χ0n) is 19.4. The highest BCUT2D eigenvalue weighted by atomic mass is 16.2. The van der Waals surface area contributed by atoms with Crippen LogP contribution < -0.4 is 44.2 Å². The number of carbonyl (C=O) groups is 4. The maximum absolute atomic E-state index is 11.3. The molecule has 12 N–H and O–H groups in total. The topological polar surface area (TPSA) is 220 Å². The van der Waals surface area contributed by atoms with Crippen molar-refractivity contribution in [3.63, 3.8) is 0 Å². The monoisotopic (exact) mass is 470 g/mol. The Morgan fingerprint density at radius 2 is 0.758 bits per heavy atom. The van der Waals surface area contributed by atoms with Crippen LogP contribution in [0.3, 0.4) is 0 Å². The Morgan fingerprint density at radius 3 is 1.03 bits per heavy atom. The minimum absolute atomic E-state index is 0.000830. The van der Waals surface area contributed by atoms with E-state index in [1.807, 2.05) is 0 Å². The molecule has 0 saturated carbocycles. The lowest BCUT2D eigenvalue weighted by atomic mass is 10.0. The van der Waals surface area contributed by atoms with Crippen LogP contribution in [0.1, 0.15) is 57.8 Å². The molecule has 1 fully saturated rings. The van der Waals surface area contributed by atoms with E-state index < -0.39 is 0 Å². The fourth-order valence-corrected chi connectivity index (χ4v) is 3.81. The van der Waals surface area contributed by atoms with Crippen LogP contribution in [0.2, 0.25) is 0 Å².